The fraction of sp³-hybridized carbons (Fsp3) is 0.154. The van der Waals surface area contributed by atoms with Crippen LogP contribution in [0.25, 0.3) is 27.8 Å². The number of hydrogen-bond acceptors (Lipinski definition) is 6. The second-order valence-corrected chi connectivity index (χ2v) is 8.60. The Labute approximate surface area is 200 Å². The monoisotopic (exact) mass is 468 g/mol. The Morgan fingerprint density at radius 2 is 1.91 bits per heavy atom. The van der Waals surface area contributed by atoms with Gasteiger partial charge >= 0.3 is 5.97 Å². The number of aromatic nitrogens is 4. The molecule has 9 heteroatoms. The van der Waals surface area contributed by atoms with E-state index in [9.17, 15) is 14.7 Å². The zero-order chi connectivity index (χ0) is 24.9. The number of para-hydroxylation sites is 1. The summed E-state index contributed by atoms with van der Waals surface area (Å²) < 4.78 is 3.23. The van der Waals surface area contributed by atoms with E-state index in [0.717, 1.165) is 27.6 Å². The van der Waals surface area contributed by atoms with Gasteiger partial charge < -0.3 is 16.2 Å². The van der Waals surface area contributed by atoms with Crippen molar-refractivity contribution in [3.63, 3.8) is 0 Å². The van der Waals surface area contributed by atoms with E-state index in [2.05, 4.69) is 10.4 Å². The molecule has 3 heterocycles. The summed E-state index contributed by atoms with van der Waals surface area (Å²) in [6.07, 6.45) is 1.75. The molecule has 1 atom stereocenters. The van der Waals surface area contributed by atoms with Gasteiger partial charge in [-0.15, -0.1) is 0 Å². The van der Waals surface area contributed by atoms with Gasteiger partial charge in [-0.05, 0) is 49.7 Å². The molecule has 0 aliphatic carbocycles. The number of nitrogens with one attached hydrogen (secondary N) is 1. The summed E-state index contributed by atoms with van der Waals surface area (Å²) in [5, 5.41) is 17.9. The molecule has 35 heavy (non-hydrogen) atoms. The predicted octanol–water partition coefficient (Wildman–Crippen LogP) is 4.01. The number of carboxylic acid groups (broad SMARTS) is 1. The van der Waals surface area contributed by atoms with E-state index in [1.54, 1.807) is 35.1 Å². The molecule has 3 aromatic heterocycles. The highest BCUT2D eigenvalue weighted by Gasteiger charge is 2.18. The Hall–Kier alpha value is -4.66. The van der Waals surface area contributed by atoms with Crippen LogP contribution in [0.5, 0.6) is 0 Å². The second kappa shape index (κ2) is 8.28. The summed E-state index contributed by atoms with van der Waals surface area (Å²) >= 11 is 0. The first kappa shape index (κ1) is 22.1. The molecule has 0 saturated carbocycles. The largest absolute Gasteiger partial charge is 0.478 e. The number of aryl methyl sites for hydroxylation is 2. The van der Waals surface area contributed by atoms with E-state index in [1.807, 2.05) is 45.2 Å². The average Bonchev–Trinajstić information content (AvgIpc) is 3.11. The smallest absolute Gasteiger partial charge is 0.337 e. The van der Waals surface area contributed by atoms with Gasteiger partial charge in [-0.25, -0.2) is 9.78 Å². The normalized spacial score (nSPS) is 12.2. The highest BCUT2D eigenvalue weighted by molar-refractivity contribution is 5.94. The SMILES string of the molecule is Cc1cc([C@H](C)Nc2ccccc2C(=O)O)c2nc(-c3ccc4c(c3)c(N)nn4C)cc(=O)n2c1. The third kappa shape index (κ3) is 3.86. The zero-order valence-electron chi connectivity index (χ0n) is 19.5. The van der Waals surface area contributed by atoms with Crippen LogP contribution >= 0.6 is 0 Å². The lowest BCUT2D eigenvalue weighted by Gasteiger charge is -2.20. The van der Waals surface area contributed by atoms with Gasteiger partial charge in [0.1, 0.15) is 5.65 Å². The minimum atomic E-state index is -1.02. The van der Waals surface area contributed by atoms with Crippen molar-refractivity contribution in [3.05, 3.63) is 87.8 Å². The van der Waals surface area contributed by atoms with Gasteiger partial charge in [0.25, 0.3) is 5.56 Å². The predicted molar refractivity (Wildman–Crippen MR) is 136 cm³/mol. The topological polar surface area (TPSA) is 128 Å². The Balaban J connectivity index is 1.65. The van der Waals surface area contributed by atoms with Crippen LogP contribution in [0.2, 0.25) is 0 Å². The van der Waals surface area contributed by atoms with Crippen molar-refractivity contribution in [2.75, 3.05) is 11.1 Å². The van der Waals surface area contributed by atoms with Gasteiger partial charge in [-0.1, -0.05) is 18.2 Å². The lowest BCUT2D eigenvalue weighted by atomic mass is 10.0. The Bertz CT molecular complexity index is 1680. The quantitative estimate of drug-likeness (QED) is 0.356. The Morgan fingerprint density at radius 1 is 1.14 bits per heavy atom. The first-order chi connectivity index (χ1) is 16.7. The summed E-state index contributed by atoms with van der Waals surface area (Å²) in [5.74, 6) is -0.607. The van der Waals surface area contributed by atoms with Crippen molar-refractivity contribution >= 4 is 34.0 Å². The third-order valence-corrected chi connectivity index (χ3v) is 6.10. The number of rotatable bonds is 5. The number of benzene rings is 2. The number of carboxylic acids is 1. The Kier molecular flexibility index (Phi) is 5.24. The number of hydrogen-bond donors (Lipinski definition) is 3. The summed E-state index contributed by atoms with van der Waals surface area (Å²) in [6, 6.07) is 15.5. The fourth-order valence-corrected chi connectivity index (χ4v) is 4.40. The van der Waals surface area contributed by atoms with Gasteiger partial charge in [0.15, 0.2) is 5.82 Å². The molecule has 0 fully saturated rings. The minimum Gasteiger partial charge on any atom is -0.478 e. The van der Waals surface area contributed by atoms with Crippen molar-refractivity contribution in [1.29, 1.82) is 0 Å². The number of nitrogen functional groups attached to an aromatic ring is 1. The van der Waals surface area contributed by atoms with Crippen molar-refractivity contribution in [2.45, 2.75) is 19.9 Å². The van der Waals surface area contributed by atoms with Crippen LogP contribution in [0, 0.1) is 6.92 Å². The van der Waals surface area contributed by atoms with E-state index in [-0.39, 0.29) is 17.2 Å². The molecule has 5 rings (SSSR count). The van der Waals surface area contributed by atoms with Crippen molar-refractivity contribution in [3.8, 4) is 11.3 Å². The molecule has 5 aromatic rings. The molecule has 4 N–H and O–H groups in total. The molecular formula is C26H24N6O3. The van der Waals surface area contributed by atoms with Crippen molar-refractivity contribution in [2.24, 2.45) is 7.05 Å². The standard InChI is InChI=1S/C26H24N6O3/c1-14-10-18(15(2)28-20-7-5-4-6-17(20)26(34)35)25-29-21(12-23(33)32(25)13-14)16-8-9-22-19(11-16)24(27)30-31(22)3/h4-13,15,28H,1-3H3,(H2,27,30)(H,34,35)/t15-/m0/s1. The van der Waals surface area contributed by atoms with E-state index in [1.165, 1.54) is 10.5 Å². The number of fused-ring (bicyclic) bond motifs is 2. The first-order valence-electron chi connectivity index (χ1n) is 11.1. The summed E-state index contributed by atoms with van der Waals surface area (Å²) in [4.78, 5) is 29.6. The third-order valence-electron chi connectivity index (χ3n) is 6.10. The molecule has 0 saturated heterocycles. The highest BCUT2D eigenvalue weighted by atomic mass is 16.4. The van der Waals surface area contributed by atoms with E-state index in [0.29, 0.717) is 22.8 Å². The van der Waals surface area contributed by atoms with E-state index < -0.39 is 5.97 Å². The van der Waals surface area contributed by atoms with Crippen molar-refractivity contribution < 1.29 is 9.90 Å². The fourth-order valence-electron chi connectivity index (χ4n) is 4.40. The molecule has 0 amide bonds. The molecule has 0 aliphatic rings. The average molecular weight is 469 g/mol. The van der Waals surface area contributed by atoms with E-state index in [4.69, 9.17) is 10.7 Å². The van der Waals surface area contributed by atoms with Gasteiger partial charge in [-0.3, -0.25) is 13.9 Å². The van der Waals surface area contributed by atoms with Gasteiger partial charge in [0, 0.05) is 41.5 Å². The van der Waals surface area contributed by atoms with Crippen molar-refractivity contribution in [1.82, 2.24) is 19.2 Å². The van der Waals surface area contributed by atoms with E-state index >= 15 is 0 Å². The maximum atomic E-state index is 13.1. The Morgan fingerprint density at radius 3 is 2.69 bits per heavy atom. The highest BCUT2D eigenvalue weighted by Crippen LogP contribution is 2.29. The maximum absolute atomic E-state index is 13.1. The van der Waals surface area contributed by atoms with Gasteiger partial charge in [-0.2, -0.15) is 5.10 Å². The second-order valence-electron chi connectivity index (χ2n) is 8.60. The zero-order valence-corrected chi connectivity index (χ0v) is 19.5. The lowest BCUT2D eigenvalue weighted by molar-refractivity contribution is 0.0698. The van der Waals surface area contributed by atoms with Gasteiger partial charge in [0.05, 0.1) is 22.8 Å². The number of aromatic carboxylic acids is 1. The molecule has 0 unspecified atom stereocenters. The van der Waals surface area contributed by atoms with Crippen LogP contribution in [-0.2, 0) is 7.05 Å². The molecular weight excluding hydrogens is 444 g/mol. The minimum absolute atomic E-state index is 0.171. The number of nitrogens with zero attached hydrogens (tertiary/aromatic N) is 4. The number of pyridine rings is 1. The molecule has 0 radical (unpaired) electrons. The number of anilines is 2. The maximum Gasteiger partial charge on any atom is 0.337 e. The lowest BCUT2D eigenvalue weighted by Crippen LogP contribution is -2.19. The molecule has 2 aromatic carbocycles. The molecule has 0 aliphatic heterocycles. The van der Waals surface area contributed by atoms with Crippen LogP contribution in [0.4, 0.5) is 11.5 Å². The van der Waals surface area contributed by atoms with Crippen LogP contribution in [0.3, 0.4) is 0 Å². The van der Waals surface area contributed by atoms with Crippen LogP contribution in [0.15, 0.2) is 65.6 Å². The summed E-state index contributed by atoms with van der Waals surface area (Å²) in [7, 11) is 1.82. The van der Waals surface area contributed by atoms with Crippen LogP contribution < -0.4 is 16.6 Å². The number of nitrogens with two attached hydrogens (primary N) is 1. The first-order valence-corrected chi connectivity index (χ1v) is 11.1. The molecule has 176 valence electrons. The summed E-state index contributed by atoms with van der Waals surface area (Å²) in [5.41, 5.74) is 10.8. The number of carbonyl (C=O) groups is 1. The molecule has 9 nitrogen and oxygen atoms in total. The van der Waals surface area contributed by atoms with Gasteiger partial charge in [0.2, 0.25) is 0 Å². The summed E-state index contributed by atoms with van der Waals surface area (Å²) in [6.45, 7) is 3.81. The van der Waals surface area contributed by atoms with Crippen LogP contribution in [0.1, 0.15) is 34.5 Å². The molecule has 0 bridgehead atoms. The molecule has 0 spiro atoms. The van der Waals surface area contributed by atoms with Crippen LogP contribution in [-0.4, -0.2) is 30.2 Å².